The zero-order valence-electron chi connectivity index (χ0n) is 19.0. The van der Waals surface area contributed by atoms with E-state index in [9.17, 15) is 24.3 Å². The molecule has 0 bridgehead atoms. The number of hydrogen-bond donors (Lipinski definition) is 8. The molecule has 13 heteroatoms. The second-order valence-electron chi connectivity index (χ2n) is 8.10. The summed E-state index contributed by atoms with van der Waals surface area (Å²) >= 11 is 0. The van der Waals surface area contributed by atoms with E-state index in [1.807, 2.05) is 0 Å². The predicted octanol–water partition coefficient (Wildman–Crippen LogP) is -2.79. The quantitative estimate of drug-likeness (QED) is 0.0760. The third kappa shape index (κ3) is 10.4. The Balaban J connectivity index is 5.26. The SMILES string of the molecule is CC(C)C(NC(=O)C(N)CO)C(=O)NC(C(=O)NC(CCCN=C(N)N)C(=O)O)C(C)C. The number of aliphatic hydroxyl groups excluding tert-OH is 1. The molecule has 4 atom stereocenters. The van der Waals surface area contributed by atoms with Gasteiger partial charge in [-0.15, -0.1) is 0 Å². The molecular weight excluding hydrogens is 422 g/mol. The average Bonchev–Trinajstić information content (AvgIpc) is 2.70. The van der Waals surface area contributed by atoms with E-state index in [0.717, 1.165) is 0 Å². The molecule has 0 aliphatic carbocycles. The summed E-state index contributed by atoms with van der Waals surface area (Å²) in [5.41, 5.74) is 15.9. The first-order chi connectivity index (χ1) is 14.8. The molecule has 0 aromatic carbocycles. The van der Waals surface area contributed by atoms with Gasteiger partial charge in [0.05, 0.1) is 6.61 Å². The highest BCUT2D eigenvalue weighted by Crippen LogP contribution is 2.08. The van der Waals surface area contributed by atoms with Gasteiger partial charge in [0.1, 0.15) is 24.2 Å². The second-order valence-corrected chi connectivity index (χ2v) is 8.10. The minimum atomic E-state index is -1.23. The molecule has 0 saturated heterocycles. The van der Waals surface area contributed by atoms with Crippen molar-refractivity contribution in [2.24, 2.45) is 34.0 Å². The number of amides is 3. The Hall–Kier alpha value is -2.93. The molecule has 0 radical (unpaired) electrons. The van der Waals surface area contributed by atoms with Gasteiger partial charge < -0.3 is 43.4 Å². The third-order valence-electron chi connectivity index (χ3n) is 4.59. The summed E-state index contributed by atoms with van der Waals surface area (Å²) < 4.78 is 0. The number of aliphatic imine (C=N–C) groups is 1. The number of rotatable bonds is 14. The van der Waals surface area contributed by atoms with Gasteiger partial charge in [-0.3, -0.25) is 19.4 Å². The Bertz CT molecular complexity index is 679. The number of aliphatic carboxylic acids is 1. The van der Waals surface area contributed by atoms with Gasteiger partial charge in [0.25, 0.3) is 0 Å². The normalized spacial score (nSPS) is 14.8. The van der Waals surface area contributed by atoms with E-state index in [-0.39, 0.29) is 30.8 Å². The van der Waals surface area contributed by atoms with Crippen molar-refractivity contribution in [1.29, 1.82) is 0 Å². The van der Waals surface area contributed by atoms with Crippen LogP contribution in [-0.2, 0) is 19.2 Å². The number of carbonyl (C=O) groups excluding carboxylic acids is 3. The highest BCUT2D eigenvalue weighted by molar-refractivity contribution is 5.94. The summed E-state index contributed by atoms with van der Waals surface area (Å²) in [6.07, 6.45) is 0.404. The fourth-order valence-electron chi connectivity index (χ4n) is 2.68. The summed E-state index contributed by atoms with van der Waals surface area (Å²) in [5, 5.41) is 25.9. The maximum atomic E-state index is 12.8. The maximum absolute atomic E-state index is 12.8. The van der Waals surface area contributed by atoms with Crippen LogP contribution in [0.4, 0.5) is 0 Å². The zero-order chi connectivity index (χ0) is 25.0. The van der Waals surface area contributed by atoms with Crippen LogP contribution >= 0.6 is 0 Å². The lowest BCUT2D eigenvalue weighted by Gasteiger charge is -2.28. The largest absolute Gasteiger partial charge is 0.480 e. The van der Waals surface area contributed by atoms with Gasteiger partial charge in [-0.25, -0.2) is 4.79 Å². The Kier molecular flexibility index (Phi) is 12.9. The third-order valence-corrected chi connectivity index (χ3v) is 4.59. The number of nitrogens with one attached hydrogen (secondary N) is 3. The van der Waals surface area contributed by atoms with Crippen molar-refractivity contribution >= 4 is 29.7 Å². The van der Waals surface area contributed by atoms with Crippen LogP contribution in [0.1, 0.15) is 40.5 Å². The molecule has 0 aromatic rings. The second kappa shape index (κ2) is 14.2. The van der Waals surface area contributed by atoms with Gasteiger partial charge in [0, 0.05) is 6.54 Å². The van der Waals surface area contributed by atoms with Gasteiger partial charge in [0.2, 0.25) is 17.7 Å². The Morgan fingerprint density at radius 2 is 1.34 bits per heavy atom. The van der Waals surface area contributed by atoms with E-state index < -0.39 is 54.5 Å². The molecule has 184 valence electrons. The standard InChI is InChI=1S/C19H37N7O6/c1-9(2)13(16(29)24-12(18(31)32)6-5-7-23-19(21)22)26-17(30)14(10(3)4)25-15(28)11(20)8-27/h9-14,27H,5-8,20H2,1-4H3,(H,24,29)(H,25,28)(H,26,30)(H,31,32)(H4,21,22,23). The minimum absolute atomic E-state index is 0.0837. The van der Waals surface area contributed by atoms with Crippen LogP contribution in [0.5, 0.6) is 0 Å². The summed E-state index contributed by atoms with van der Waals surface area (Å²) in [5.74, 6) is -4.09. The molecule has 0 fully saturated rings. The fourth-order valence-corrected chi connectivity index (χ4v) is 2.68. The van der Waals surface area contributed by atoms with Gasteiger partial charge in [-0.1, -0.05) is 27.7 Å². The zero-order valence-corrected chi connectivity index (χ0v) is 19.0. The molecule has 3 amide bonds. The molecule has 0 heterocycles. The van der Waals surface area contributed by atoms with Crippen molar-refractivity contribution in [3.8, 4) is 0 Å². The topological polar surface area (TPSA) is 235 Å². The van der Waals surface area contributed by atoms with E-state index in [1.54, 1.807) is 27.7 Å². The van der Waals surface area contributed by atoms with Crippen molar-refractivity contribution in [2.45, 2.75) is 64.7 Å². The van der Waals surface area contributed by atoms with Crippen molar-refractivity contribution in [1.82, 2.24) is 16.0 Å². The van der Waals surface area contributed by atoms with Gasteiger partial charge >= 0.3 is 5.97 Å². The number of carbonyl (C=O) groups is 4. The highest BCUT2D eigenvalue weighted by atomic mass is 16.4. The maximum Gasteiger partial charge on any atom is 0.326 e. The number of aliphatic hydroxyl groups is 1. The fraction of sp³-hybridized carbons (Fsp3) is 0.737. The molecule has 0 spiro atoms. The van der Waals surface area contributed by atoms with Gasteiger partial charge in [0.15, 0.2) is 5.96 Å². The number of nitrogens with zero attached hydrogens (tertiary/aromatic N) is 1. The van der Waals surface area contributed by atoms with E-state index in [0.29, 0.717) is 6.42 Å². The Morgan fingerprint density at radius 1 is 0.875 bits per heavy atom. The van der Waals surface area contributed by atoms with Gasteiger partial charge in [-0.05, 0) is 24.7 Å². The van der Waals surface area contributed by atoms with Crippen LogP contribution < -0.4 is 33.2 Å². The molecule has 4 unspecified atom stereocenters. The van der Waals surface area contributed by atoms with E-state index in [4.69, 9.17) is 22.3 Å². The monoisotopic (exact) mass is 459 g/mol. The Labute approximate surface area is 187 Å². The molecule has 11 N–H and O–H groups in total. The molecule has 0 aliphatic heterocycles. The molecule has 0 aromatic heterocycles. The lowest BCUT2D eigenvalue weighted by molar-refractivity contribution is -0.143. The van der Waals surface area contributed by atoms with Crippen LogP contribution in [0, 0.1) is 11.8 Å². The summed E-state index contributed by atoms with van der Waals surface area (Å²) in [6, 6.07) is -4.45. The molecule has 13 nitrogen and oxygen atoms in total. The van der Waals surface area contributed by atoms with Crippen molar-refractivity contribution in [3.05, 3.63) is 0 Å². The smallest absolute Gasteiger partial charge is 0.326 e. The van der Waals surface area contributed by atoms with Gasteiger partial charge in [-0.2, -0.15) is 0 Å². The first-order valence-electron chi connectivity index (χ1n) is 10.4. The Morgan fingerprint density at radius 3 is 1.75 bits per heavy atom. The molecule has 0 aliphatic rings. The van der Waals surface area contributed by atoms with Crippen LogP contribution in [0.15, 0.2) is 4.99 Å². The first kappa shape index (κ1) is 29.1. The van der Waals surface area contributed by atoms with Crippen LogP contribution in [-0.4, -0.2) is 77.2 Å². The number of hydrogen-bond acceptors (Lipinski definition) is 7. The number of nitrogens with two attached hydrogens (primary N) is 3. The minimum Gasteiger partial charge on any atom is -0.480 e. The lowest BCUT2D eigenvalue weighted by Crippen LogP contribution is -2.59. The van der Waals surface area contributed by atoms with Crippen molar-refractivity contribution in [2.75, 3.05) is 13.2 Å². The number of carboxylic acids is 1. The molecule has 0 rings (SSSR count). The average molecular weight is 460 g/mol. The highest BCUT2D eigenvalue weighted by Gasteiger charge is 2.32. The van der Waals surface area contributed by atoms with Crippen molar-refractivity contribution in [3.63, 3.8) is 0 Å². The molecule has 32 heavy (non-hydrogen) atoms. The van der Waals surface area contributed by atoms with E-state index in [1.165, 1.54) is 0 Å². The van der Waals surface area contributed by atoms with Crippen LogP contribution in [0.2, 0.25) is 0 Å². The van der Waals surface area contributed by atoms with E-state index in [2.05, 4.69) is 20.9 Å². The summed E-state index contributed by atoms with van der Waals surface area (Å²) in [4.78, 5) is 52.8. The first-order valence-corrected chi connectivity index (χ1v) is 10.4. The number of guanidine groups is 1. The molecule has 0 saturated carbocycles. The van der Waals surface area contributed by atoms with Crippen LogP contribution in [0.3, 0.4) is 0 Å². The van der Waals surface area contributed by atoms with E-state index >= 15 is 0 Å². The number of carboxylic acid groups (broad SMARTS) is 1. The summed E-state index contributed by atoms with van der Waals surface area (Å²) in [6.45, 7) is 6.37. The lowest BCUT2D eigenvalue weighted by atomic mass is 9.99. The van der Waals surface area contributed by atoms with Crippen molar-refractivity contribution < 1.29 is 29.4 Å². The summed E-state index contributed by atoms with van der Waals surface area (Å²) in [7, 11) is 0. The molecular formula is C19H37N7O6. The predicted molar refractivity (Wildman–Crippen MR) is 118 cm³/mol. The van der Waals surface area contributed by atoms with Crippen LogP contribution in [0.25, 0.3) is 0 Å².